The molecule has 0 saturated heterocycles. The second kappa shape index (κ2) is 7.71. The molecule has 4 aromatic rings. The molecule has 2 heterocycles. The van der Waals surface area contributed by atoms with Crippen molar-refractivity contribution in [3.8, 4) is 0 Å². The number of aromatic nitrogens is 2. The van der Waals surface area contributed by atoms with Gasteiger partial charge in [0.2, 0.25) is 0 Å². The van der Waals surface area contributed by atoms with Crippen LogP contribution in [0.25, 0.3) is 21.8 Å². The molecule has 0 unspecified atom stereocenters. The fraction of sp³-hybridized carbons (Fsp3) is 0.308. The first kappa shape index (κ1) is 20.0. The summed E-state index contributed by atoms with van der Waals surface area (Å²) in [6.45, 7) is 13.3. The Morgan fingerprint density at radius 1 is 0.571 bits per heavy atom. The maximum atomic E-state index is 4.45. The highest BCUT2D eigenvalue weighted by Crippen LogP contribution is 2.29. The van der Waals surface area contributed by atoms with E-state index in [1.54, 1.807) is 0 Å². The average Bonchev–Trinajstić information content (AvgIpc) is 2.66. The number of nitrogens with zero attached hydrogens (tertiary/aromatic N) is 2. The van der Waals surface area contributed by atoms with E-state index in [1.807, 2.05) is 24.5 Å². The van der Waals surface area contributed by atoms with Crippen LogP contribution in [0.3, 0.4) is 0 Å². The molecule has 2 nitrogen and oxygen atoms in total. The van der Waals surface area contributed by atoms with E-state index in [9.17, 15) is 0 Å². The van der Waals surface area contributed by atoms with Crippen LogP contribution in [0.4, 0.5) is 0 Å². The van der Waals surface area contributed by atoms with E-state index in [0.29, 0.717) is 0 Å². The molecule has 144 valence electrons. The summed E-state index contributed by atoms with van der Waals surface area (Å²) in [5, 5.41) is 2.49. The summed E-state index contributed by atoms with van der Waals surface area (Å²) < 4.78 is 0. The maximum Gasteiger partial charge on any atom is 0.0739 e. The van der Waals surface area contributed by atoms with Gasteiger partial charge in [0.05, 0.1) is 11.0 Å². The number of fused-ring (bicyclic) bond motifs is 2. The number of hydrogen-bond acceptors (Lipinski definition) is 2. The van der Waals surface area contributed by atoms with Crippen molar-refractivity contribution in [3.05, 3.63) is 84.2 Å². The van der Waals surface area contributed by atoms with Crippen LogP contribution in [-0.2, 0) is 10.8 Å². The molecule has 28 heavy (non-hydrogen) atoms. The summed E-state index contributed by atoms with van der Waals surface area (Å²) in [5.74, 6) is 0. The van der Waals surface area contributed by atoms with E-state index in [4.69, 9.17) is 0 Å². The highest BCUT2D eigenvalue weighted by atomic mass is 14.7. The molecule has 0 spiro atoms. The third-order valence-electron chi connectivity index (χ3n) is 4.89. The number of hydrogen-bond donors (Lipinski definition) is 0. The molecule has 4 rings (SSSR count). The molecular formula is C26H30N2. The first-order valence-electron chi connectivity index (χ1n) is 9.86. The zero-order valence-electron chi connectivity index (χ0n) is 17.8. The number of benzene rings is 2. The minimum absolute atomic E-state index is 0.161. The lowest BCUT2D eigenvalue weighted by Gasteiger charge is -2.20. The first-order valence-corrected chi connectivity index (χ1v) is 9.86. The third-order valence-corrected chi connectivity index (χ3v) is 4.89. The largest absolute Gasteiger partial charge is 0.256 e. The Hall–Kier alpha value is -2.74. The molecule has 2 heteroatoms. The summed E-state index contributed by atoms with van der Waals surface area (Å²) in [6, 6.07) is 20.9. The van der Waals surface area contributed by atoms with Crippen molar-refractivity contribution in [2.45, 2.75) is 52.4 Å². The van der Waals surface area contributed by atoms with Crippen molar-refractivity contribution in [2.24, 2.45) is 0 Å². The predicted octanol–water partition coefficient (Wildman–Crippen LogP) is 7.06. The van der Waals surface area contributed by atoms with E-state index in [0.717, 1.165) is 11.0 Å². The van der Waals surface area contributed by atoms with E-state index in [1.165, 1.54) is 21.9 Å². The van der Waals surface area contributed by atoms with Gasteiger partial charge in [-0.3, -0.25) is 9.97 Å². The van der Waals surface area contributed by atoms with Gasteiger partial charge in [-0.2, -0.15) is 0 Å². The average molecular weight is 371 g/mol. The van der Waals surface area contributed by atoms with Gasteiger partial charge in [0, 0.05) is 23.2 Å². The van der Waals surface area contributed by atoms with E-state index < -0.39 is 0 Å². The molecule has 0 aliphatic carbocycles. The fourth-order valence-corrected chi connectivity index (χ4v) is 3.47. The second-order valence-corrected chi connectivity index (χ2v) is 9.26. The van der Waals surface area contributed by atoms with Gasteiger partial charge in [0.15, 0.2) is 0 Å². The van der Waals surface area contributed by atoms with Crippen molar-refractivity contribution >= 4 is 21.8 Å². The molecule has 0 fully saturated rings. The molecular weight excluding hydrogens is 340 g/mol. The highest BCUT2D eigenvalue weighted by Gasteiger charge is 2.17. The quantitative estimate of drug-likeness (QED) is 0.331. The van der Waals surface area contributed by atoms with E-state index >= 15 is 0 Å². The lowest BCUT2D eigenvalue weighted by molar-refractivity contribution is 0.594. The van der Waals surface area contributed by atoms with Gasteiger partial charge in [-0.25, -0.2) is 0 Å². The van der Waals surface area contributed by atoms with Crippen LogP contribution in [0.15, 0.2) is 73.1 Å². The van der Waals surface area contributed by atoms with Gasteiger partial charge in [-0.05, 0) is 40.2 Å². The smallest absolute Gasteiger partial charge is 0.0739 e. The molecule has 0 aliphatic rings. The van der Waals surface area contributed by atoms with Gasteiger partial charge < -0.3 is 0 Å². The van der Waals surface area contributed by atoms with Gasteiger partial charge >= 0.3 is 0 Å². The summed E-state index contributed by atoms with van der Waals surface area (Å²) >= 11 is 0. The van der Waals surface area contributed by atoms with Crippen molar-refractivity contribution in [3.63, 3.8) is 0 Å². The zero-order valence-corrected chi connectivity index (χ0v) is 17.8. The third kappa shape index (κ3) is 4.39. The SMILES string of the molecule is CC(C)(C)c1cccc2cccnc12.CC(C)(C)c1cccc2ncccc12. The van der Waals surface area contributed by atoms with Crippen LogP contribution in [0.5, 0.6) is 0 Å². The Morgan fingerprint density at radius 3 is 1.86 bits per heavy atom. The van der Waals surface area contributed by atoms with Crippen LogP contribution in [0, 0.1) is 0 Å². The van der Waals surface area contributed by atoms with E-state index in [2.05, 4.69) is 100 Å². The molecule has 2 aromatic carbocycles. The Bertz CT molecular complexity index is 983. The first-order chi connectivity index (χ1) is 13.2. The van der Waals surface area contributed by atoms with Gasteiger partial charge in [-0.15, -0.1) is 0 Å². The van der Waals surface area contributed by atoms with Gasteiger partial charge in [0.25, 0.3) is 0 Å². The Kier molecular flexibility index (Phi) is 5.51. The minimum atomic E-state index is 0.161. The lowest BCUT2D eigenvalue weighted by atomic mass is 9.84. The summed E-state index contributed by atoms with van der Waals surface area (Å²) in [5.41, 5.74) is 5.23. The van der Waals surface area contributed by atoms with Crippen LogP contribution >= 0.6 is 0 Å². The molecule has 0 saturated carbocycles. The molecule has 0 radical (unpaired) electrons. The fourth-order valence-electron chi connectivity index (χ4n) is 3.47. The molecule has 0 N–H and O–H groups in total. The number of pyridine rings is 2. The van der Waals surface area contributed by atoms with Crippen LogP contribution < -0.4 is 0 Å². The van der Waals surface area contributed by atoms with Crippen molar-refractivity contribution in [1.82, 2.24) is 9.97 Å². The molecule has 0 atom stereocenters. The van der Waals surface area contributed by atoms with Crippen LogP contribution in [-0.4, -0.2) is 9.97 Å². The minimum Gasteiger partial charge on any atom is -0.256 e. The van der Waals surface area contributed by atoms with Crippen LogP contribution in [0.1, 0.15) is 52.7 Å². The molecule has 0 aliphatic heterocycles. The predicted molar refractivity (Wildman–Crippen MR) is 121 cm³/mol. The van der Waals surface area contributed by atoms with Gasteiger partial charge in [-0.1, -0.05) is 84.0 Å². The summed E-state index contributed by atoms with van der Waals surface area (Å²) in [6.07, 6.45) is 3.70. The monoisotopic (exact) mass is 370 g/mol. The van der Waals surface area contributed by atoms with Crippen molar-refractivity contribution in [2.75, 3.05) is 0 Å². The Morgan fingerprint density at radius 2 is 1.14 bits per heavy atom. The van der Waals surface area contributed by atoms with Gasteiger partial charge in [0.1, 0.15) is 0 Å². The standard InChI is InChI=1S/2C13H15N/c1-13(2,3)11-7-4-8-12-10(11)6-5-9-14-12;1-13(2,3)11-8-4-6-10-7-5-9-14-12(10)11/h2*4-9H,1-3H3. The number of rotatable bonds is 0. The topological polar surface area (TPSA) is 25.8 Å². The Balaban J connectivity index is 0.000000161. The second-order valence-electron chi connectivity index (χ2n) is 9.26. The van der Waals surface area contributed by atoms with Crippen LogP contribution in [0.2, 0.25) is 0 Å². The summed E-state index contributed by atoms with van der Waals surface area (Å²) in [4.78, 5) is 8.80. The lowest BCUT2D eigenvalue weighted by Crippen LogP contribution is -2.11. The molecule has 2 aromatic heterocycles. The van der Waals surface area contributed by atoms with Crippen molar-refractivity contribution in [1.29, 1.82) is 0 Å². The summed E-state index contributed by atoms with van der Waals surface area (Å²) in [7, 11) is 0. The van der Waals surface area contributed by atoms with Crippen molar-refractivity contribution < 1.29 is 0 Å². The normalized spacial score (nSPS) is 11.9. The Labute approximate surface area is 168 Å². The molecule has 0 amide bonds. The molecule has 0 bridgehead atoms. The van der Waals surface area contributed by atoms with E-state index in [-0.39, 0.29) is 10.8 Å². The maximum absolute atomic E-state index is 4.45. The zero-order chi connectivity index (χ0) is 20.4. The highest BCUT2D eigenvalue weighted by molar-refractivity contribution is 5.83. The number of para-hydroxylation sites is 1.